The number of hydrogen-bond acceptors (Lipinski definition) is 4. The number of aromatic nitrogens is 4. The van der Waals surface area contributed by atoms with Crippen LogP contribution in [0.3, 0.4) is 0 Å². The molecule has 36 heteroatoms. The quantitative estimate of drug-likeness (QED) is 0.0983. The molecule has 0 spiro atoms. The molecule has 4 aromatic heterocycles. The smallest absolute Gasteiger partial charge is 0.256 e. The Hall–Kier alpha value is -5.24. The van der Waals surface area contributed by atoms with Crippen molar-refractivity contribution in [2.75, 3.05) is 0 Å². The molecule has 0 aliphatic heterocycles. The van der Waals surface area contributed by atoms with E-state index < -0.39 is 70.2 Å². The van der Waals surface area contributed by atoms with Gasteiger partial charge in [0.1, 0.15) is 23.3 Å². The summed E-state index contributed by atoms with van der Waals surface area (Å²) in [6.45, 7) is 0. The molecule has 72 heavy (non-hydrogen) atoms. The molecular weight excluding hydrogens is 1310 g/mol. The zero-order valence-electron chi connectivity index (χ0n) is 33.6. The van der Waals surface area contributed by atoms with Gasteiger partial charge in [-0.15, -0.1) is 0 Å². The average Bonchev–Trinajstić information content (AvgIpc) is 3.14. The van der Waals surface area contributed by atoms with E-state index in [9.17, 15) is 119 Å². The van der Waals surface area contributed by atoms with Crippen molar-refractivity contribution in [2.45, 2.75) is 12.4 Å². The minimum Gasteiger partial charge on any atom is -0.256 e. The minimum absolute atomic E-state index is 0. The third-order valence-corrected chi connectivity index (χ3v) is 6.94. The fourth-order valence-electron chi connectivity index (χ4n) is 4.52. The number of benzene rings is 3. The van der Waals surface area contributed by atoms with Crippen LogP contribution in [0.1, 0.15) is 11.1 Å². The fourth-order valence-corrected chi connectivity index (χ4v) is 4.52. The van der Waals surface area contributed by atoms with Crippen molar-refractivity contribution in [3.8, 4) is 22.5 Å². The predicted molar refractivity (Wildman–Crippen MR) is 207 cm³/mol. The molecule has 0 saturated carbocycles. The van der Waals surface area contributed by atoms with E-state index in [0.717, 1.165) is 70.3 Å². The average molecular weight is 1330 g/mol. The first-order valence-electron chi connectivity index (χ1n) is 17.3. The summed E-state index contributed by atoms with van der Waals surface area (Å²) >= 11 is 0. The van der Waals surface area contributed by atoms with Crippen LogP contribution in [0, 0.1) is 23.3 Å². The van der Waals surface area contributed by atoms with E-state index in [1.165, 1.54) is 0 Å². The van der Waals surface area contributed by atoms with Gasteiger partial charge >= 0.3 is 131 Å². The second-order valence-corrected chi connectivity index (χ2v) is 18.9. The number of rotatable bonds is 2. The molecule has 0 atom stereocenters. The number of pyridine rings is 4. The van der Waals surface area contributed by atoms with Gasteiger partial charge in [0.05, 0.1) is 33.5 Å². The fraction of sp³-hybridized carbons (Fsp3) is 0.0556. The van der Waals surface area contributed by atoms with Crippen molar-refractivity contribution >= 4 is 45.2 Å². The number of halogens is 28. The molecule has 404 valence electrons. The summed E-state index contributed by atoms with van der Waals surface area (Å²) < 4.78 is 303. The minimum atomic E-state index is -10.7. The SMILES string of the molecule is F[P-](F)(F)(F)(F)F.F[P-](F)(F)(F)(F)F.F[P-](F)(F)(F)(F)F.Fc1ccc(-c2ccc(C(F)(F)F)cn2)c(F)c1.Fc1ccc(-c2ccc(C(F)(F)F)cn2)c(F)c1.[Ir+3].c1cnc2c(c1)ccc1cccnc12. The Balaban J connectivity index is 0.000000452. The Labute approximate surface area is 395 Å². The van der Waals surface area contributed by atoms with Crippen molar-refractivity contribution < 1.29 is 140 Å². The number of alkyl halides is 6. The molecule has 0 aliphatic carbocycles. The topological polar surface area (TPSA) is 51.6 Å². The first-order valence-corrected chi connectivity index (χ1v) is 23.4. The van der Waals surface area contributed by atoms with E-state index in [1.807, 2.05) is 12.1 Å². The first kappa shape index (κ1) is 64.8. The maximum atomic E-state index is 13.4. The molecule has 4 nitrogen and oxygen atoms in total. The van der Waals surface area contributed by atoms with Gasteiger partial charge in [0.15, 0.2) is 0 Å². The molecular formula is C36H20F28IrN4P3. The third-order valence-electron chi connectivity index (χ3n) is 6.94. The van der Waals surface area contributed by atoms with E-state index >= 15 is 0 Å². The molecule has 0 aliphatic rings. The standard InChI is InChI=1S/2C12H6F5N.C12H8N2.3F6P.Ir/c2*13-8-2-3-9(10(14)5-8)11-4-1-7(6-18-11)12(15,16)17;1-3-9-5-6-10-4-2-8-14-12(10)11(9)13-7-1;3*1-7(2,3,4,5)6;/h2*1-6H;1-8H;;;;/q;;;3*-1;+3. The molecule has 0 bridgehead atoms. The third kappa shape index (κ3) is 31.3. The molecule has 7 aromatic rings. The van der Waals surface area contributed by atoms with Gasteiger partial charge in [0.2, 0.25) is 0 Å². The van der Waals surface area contributed by atoms with Crippen LogP contribution in [-0.2, 0) is 32.5 Å². The summed E-state index contributed by atoms with van der Waals surface area (Å²) in [4.78, 5) is 15.7. The maximum Gasteiger partial charge on any atom is 3.00 e. The molecule has 0 fully saturated rings. The van der Waals surface area contributed by atoms with Crippen LogP contribution < -0.4 is 0 Å². The molecule has 4 heterocycles. The zero-order chi connectivity index (χ0) is 55.3. The van der Waals surface area contributed by atoms with Gasteiger partial charge in [-0.05, 0) is 60.7 Å². The second-order valence-electron chi connectivity index (χ2n) is 13.2. The van der Waals surface area contributed by atoms with Crippen LogP contribution in [0.25, 0.3) is 44.3 Å². The molecule has 0 amide bonds. The second kappa shape index (κ2) is 19.9. The van der Waals surface area contributed by atoms with Crippen LogP contribution in [0.5, 0.6) is 0 Å². The molecule has 3 aromatic carbocycles. The van der Waals surface area contributed by atoms with E-state index in [0.29, 0.717) is 24.5 Å². The zero-order valence-corrected chi connectivity index (χ0v) is 38.7. The van der Waals surface area contributed by atoms with E-state index in [1.54, 1.807) is 12.4 Å². The Morgan fingerprint density at radius 3 is 0.847 bits per heavy atom. The summed E-state index contributed by atoms with van der Waals surface area (Å²) in [7, 11) is -32.0. The first-order chi connectivity index (χ1) is 31.1. The number of fused-ring (bicyclic) bond motifs is 3. The van der Waals surface area contributed by atoms with Gasteiger partial charge < -0.3 is 0 Å². The van der Waals surface area contributed by atoms with Gasteiger partial charge in [-0.1, -0.05) is 24.3 Å². The van der Waals surface area contributed by atoms with Gasteiger partial charge in [0, 0.05) is 58.8 Å². The van der Waals surface area contributed by atoms with Crippen LogP contribution in [-0.4, -0.2) is 19.9 Å². The van der Waals surface area contributed by atoms with Crippen molar-refractivity contribution in [2.24, 2.45) is 0 Å². The van der Waals surface area contributed by atoms with Crippen molar-refractivity contribution in [1.82, 2.24) is 19.9 Å². The number of nitrogens with zero attached hydrogens (tertiary/aromatic N) is 4. The van der Waals surface area contributed by atoms with Gasteiger partial charge in [-0.3, -0.25) is 19.9 Å². The maximum absolute atomic E-state index is 13.4. The monoisotopic (exact) mass is 1330 g/mol. The molecule has 7 rings (SSSR count). The van der Waals surface area contributed by atoms with Crippen LogP contribution in [0.15, 0.2) is 122 Å². The van der Waals surface area contributed by atoms with E-state index in [-0.39, 0.29) is 42.6 Å². The van der Waals surface area contributed by atoms with E-state index in [4.69, 9.17) is 0 Å². The molecule has 0 saturated heterocycles. The summed E-state index contributed by atoms with van der Waals surface area (Å²) in [5.74, 6) is -3.27. The van der Waals surface area contributed by atoms with Gasteiger partial charge in [-0.25, -0.2) is 17.6 Å². The van der Waals surface area contributed by atoms with Gasteiger partial charge in [-0.2, -0.15) is 26.3 Å². The normalized spacial score (nSPS) is 14.7. The number of hydrogen-bond donors (Lipinski definition) is 0. The largest absolute Gasteiger partial charge is 3.00 e. The Morgan fingerprint density at radius 2 is 0.625 bits per heavy atom. The molecule has 0 N–H and O–H groups in total. The van der Waals surface area contributed by atoms with Crippen LogP contribution in [0.4, 0.5) is 119 Å². The van der Waals surface area contributed by atoms with Crippen LogP contribution >= 0.6 is 23.4 Å². The van der Waals surface area contributed by atoms with Gasteiger partial charge in [0.25, 0.3) is 0 Å². The van der Waals surface area contributed by atoms with Crippen molar-refractivity contribution in [3.63, 3.8) is 0 Å². The Kier molecular flexibility index (Phi) is 17.9. The molecule has 0 radical (unpaired) electrons. The molecule has 0 unspecified atom stereocenters. The van der Waals surface area contributed by atoms with Crippen LogP contribution in [0.2, 0.25) is 0 Å². The Bertz CT molecular complexity index is 2690. The van der Waals surface area contributed by atoms with Crippen molar-refractivity contribution in [1.29, 1.82) is 0 Å². The van der Waals surface area contributed by atoms with E-state index in [2.05, 4.69) is 44.2 Å². The Morgan fingerprint density at radius 1 is 0.347 bits per heavy atom. The summed E-state index contributed by atoms with van der Waals surface area (Å²) in [6, 6.07) is 21.4. The summed E-state index contributed by atoms with van der Waals surface area (Å²) in [5, 5.41) is 2.28. The van der Waals surface area contributed by atoms with Crippen molar-refractivity contribution in [3.05, 3.63) is 156 Å². The summed E-state index contributed by atoms with van der Waals surface area (Å²) in [6.07, 6.45) is -4.16. The summed E-state index contributed by atoms with van der Waals surface area (Å²) in [5.41, 5.74) is 0.0370. The predicted octanol–water partition coefficient (Wildman–Crippen LogP) is 21.0.